The normalized spacial score (nSPS) is 11.4. The van der Waals surface area contributed by atoms with E-state index < -0.39 is 15.8 Å². The predicted molar refractivity (Wildman–Crippen MR) is 58.5 cm³/mol. The van der Waals surface area contributed by atoms with Crippen molar-refractivity contribution < 1.29 is 18.3 Å². The van der Waals surface area contributed by atoms with Gasteiger partial charge in [0.1, 0.15) is 0 Å². The van der Waals surface area contributed by atoms with Gasteiger partial charge < -0.3 is 5.11 Å². The number of benzene rings is 1. The van der Waals surface area contributed by atoms with Crippen LogP contribution >= 0.6 is 12.6 Å². The second-order valence-corrected chi connectivity index (χ2v) is 5.69. The maximum Gasteiger partial charge on any atom is 0.336 e. The van der Waals surface area contributed by atoms with Crippen molar-refractivity contribution in [3.8, 4) is 0 Å². The lowest BCUT2D eigenvalue weighted by Crippen LogP contribution is -2.05. The maximum absolute atomic E-state index is 11.2. The summed E-state index contributed by atoms with van der Waals surface area (Å²) in [5.41, 5.74) is 0.418. The fourth-order valence-electron chi connectivity index (χ4n) is 1.11. The van der Waals surface area contributed by atoms with Gasteiger partial charge in [0.25, 0.3) is 0 Å². The molecule has 1 aromatic rings. The Bertz CT molecular complexity index is 517. The highest BCUT2D eigenvalue weighted by Gasteiger charge is 2.15. The highest BCUT2D eigenvalue weighted by atomic mass is 32.2. The minimum Gasteiger partial charge on any atom is -0.478 e. The number of hydrogen-bond acceptors (Lipinski definition) is 4. The summed E-state index contributed by atoms with van der Waals surface area (Å²) in [7, 11) is -3.41. The van der Waals surface area contributed by atoms with Crippen LogP contribution in [0.15, 0.2) is 21.9 Å². The minimum atomic E-state index is -3.41. The minimum absolute atomic E-state index is 0.0319. The van der Waals surface area contributed by atoms with E-state index in [2.05, 4.69) is 12.6 Å². The average Bonchev–Trinajstić information content (AvgIpc) is 2.06. The third kappa shape index (κ3) is 2.51. The first-order valence-electron chi connectivity index (χ1n) is 4.00. The zero-order chi connectivity index (χ0) is 11.8. The van der Waals surface area contributed by atoms with Gasteiger partial charge >= 0.3 is 5.97 Å². The van der Waals surface area contributed by atoms with Crippen LogP contribution in [0, 0.1) is 6.92 Å². The van der Waals surface area contributed by atoms with Gasteiger partial charge in [0.2, 0.25) is 0 Å². The molecule has 0 saturated heterocycles. The van der Waals surface area contributed by atoms with E-state index in [0.29, 0.717) is 10.5 Å². The van der Waals surface area contributed by atoms with Crippen LogP contribution in [0.25, 0.3) is 0 Å². The molecule has 1 rings (SSSR count). The van der Waals surface area contributed by atoms with Crippen molar-refractivity contribution in [2.24, 2.45) is 0 Å². The molecule has 0 spiro atoms. The summed E-state index contributed by atoms with van der Waals surface area (Å²) < 4.78 is 22.5. The molecular weight excluding hydrogens is 236 g/mol. The van der Waals surface area contributed by atoms with E-state index in [-0.39, 0.29) is 10.5 Å². The molecule has 0 unspecified atom stereocenters. The van der Waals surface area contributed by atoms with Gasteiger partial charge in [-0.25, -0.2) is 13.2 Å². The van der Waals surface area contributed by atoms with Gasteiger partial charge in [0.15, 0.2) is 9.84 Å². The molecule has 0 bridgehead atoms. The fraction of sp³-hybridized carbons (Fsp3) is 0.222. The molecule has 0 aliphatic heterocycles. The van der Waals surface area contributed by atoms with Gasteiger partial charge in [-0.15, -0.1) is 12.6 Å². The molecular formula is C9H10O4S2. The number of thiol groups is 1. The molecule has 0 heterocycles. The molecule has 0 radical (unpaired) electrons. The molecule has 0 amide bonds. The van der Waals surface area contributed by atoms with Crippen molar-refractivity contribution in [2.45, 2.75) is 16.7 Å². The maximum atomic E-state index is 11.2. The highest BCUT2D eigenvalue weighted by Crippen LogP contribution is 2.23. The summed E-state index contributed by atoms with van der Waals surface area (Å²) in [6.07, 6.45) is 1.02. The summed E-state index contributed by atoms with van der Waals surface area (Å²) in [4.78, 5) is 11.1. The van der Waals surface area contributed by atoms with E-state index in [4.69, 9.17) is 5.11 Å². The average molecular weight is 246 g/mol. The van der Waals surface area contributed by atoms with Crippen molar-refractivity contribution in [3.05, 3.63) is 23.3 Å². The van der Waals surface area contributed by atoms with Crippen LogP contribution in [0.2, 0.25) is 0 Å². The summed E-state index contributed by atoms with van der Waals surface area (Å²) in [5, 5.41) is 8.85. The molecule has 82 valence electrons. The monoisotopic (exact) mass is 246 g/mol. The quantitative estimate of drug-likeness (QED) is 0.773. The summed E-state index contributed by atoms with van der Waals surface area (Å²) in [6.45, 7) is 1.58. The summed E-state index contributed by atoms with van der Waals surface area (Å²) in [6, 6.07) is 2.49. The van der Waals surface area contributed by atoms with Crippen LogP contribution in [-0.2, 0) is 9.84 Å². The van der Waals surface area contributed by atoms with Crippen LogP contribution in [0.3, 0.4) is 0 Å². The lowest BCUT2D eigenvalue weighted by Gasteiger charge is -2.07. The number of carboxylic acid groups (broad SMARTS) is 1. The standard InChI is InChI=1S/C9H10O4S2/c1-5-7(9(10)11)3-6(4-8(5)14)15(2,12)13/h3-4,14H,1-2H3,(H,10,11). The Morgan fingerprint density at radius 1 is 1.40 bits per heavy atom. The van der Waals surface area contributed by atoms with Crippen molar-refractivity contribution in [2.75, 3.05) is 6.26 Å². The Kier molecular flexibility index (Phi) is 3.11. The molecule has 0 saturated carbocycles. The molecule has 0 fully saturated rings. The Labute approximate surface area is 93.3 Å². The fourth-order valence-corrected chi connectivity index (χ4v) is 2.12. The largest absolute Gasteiger partial charge is 0.478 e. The molecule has 1 aromatic carbocycles. The third-order valence-corrected chi connectivity index (χ3v) is 3.57. The number of rotatable bonds is 2. The number of sulfone groups is 1. The van der Waals surface area contributed by atoms with Gasteiger partial charge in [0.05, 0.1) is 10.5 Å². The van der Waals surface area contributed by atoms with E-state index in [9.17, 15) is 13.2 Å². The van der Waals surface area contributed by atoms with E-state index in [1.54, 1.807) is 6.92 Å². The predicted octanol–water partition coefficient (Wildman–Crippen LogP) is 1.39. The summed E-state index contributed by atoms with van der Waals surface area (Å²) in [5.74, 6) is -1.16. The van der Waals surface area contributed by atoms with Crippen molar-refractivity contribution in [3.63, 3.8) is 0 Å². The third-order valence-electron chi connectivity index (χ3n) is 2.01. The van der Waals surface area contributed by atoms with Crippen LogP contribution < -0.4 is 0 Å². The van der Waals surface area contributed by atoms with Gasteiger partial charge in [-0.3, -0.25) is 0 Å². The Morgan fingerprint density at radius 2 is 1.93 bits per heavy atom. The molecule has 1 N–H and O–H groups in total. The molecule has 4 nitrogen and oxygen atoms in total. The zero-order valence-corrected chi connectivity index (χ0v) is 9.89. The lowest BCUT2D eigenvalue weighted by atomic mass is 10.1. The highest BCUT2D eigenvalue weighted by molar-refractivity contribution is 7.90. The smallest absolute Gasteiger partial charge is 0.336 e. The van der Waals surface area contributed by atoms with Crippen molar-refractivity contribution in [1.29, 1.82) is 0 Å². The first kappa shape index (κ1) is 12.1. The number of carboxylic acids is 1. The Hall–Kier alpha value is -1.01. The van der Waals surface area contributed by atoms with Gasteiger partial charge in [-0.2, -0.15) is 0 Å². The van der Waals surface area contributed by atoms with Gasteiger partial charge in [0, 0.05) is 11.2 Å². The van der Waals surface area contributed by atoms with E-state index in [1.807, 2.05) is 0 Å². The number of carbonyl (C=O) groups is 1. The zero-order valence-electron chi connectivity index (χ0n) is 8.18. The molecule has 6 heteroatoms. The van der Waals surface area contributed by atoms with E-state index >= 15 is 0 Å². The topological polar surface area (TPSA) is 71.4 Å². The van der Waals surface area contributed by atoms with Crippen LogP contribution in [0.1, 0.15) is 15.9 Å². The van der Waals surface area contributed by atoms with Gasteiger partial charge in [-0.05, 0) is 24.6 Å². The van der Waals surface area contributed by atoms with Crippen LogP contribution in [-0.4, -0.2) is 25.7 Å². The lowest BCUT2D eigenvalue weighted by molar-refractivity contribution is 0.0695. The SMILES string of the molecule is Cc1c(S)cc(S(C)(=O)=O)cc1C(=O)O. The molecule has 0 aliphatic rings. The second kappa shape index (κ2) is 3.86. The van der Waals surface area contributed by atoms with Crippen LogP contribution in [0.4, 0.5) is 0 Å². The Morgan fingerprint density at radius 3 is 2.33 bits per heavy atom. The van der Waals surface area contributed by atoms with E-state index in [0.717, 1.165) is 12.3 Å². The van der Waals surface area contributed by atoms with Crippen molar-refractivity contribution >= 4 is 28.4 Å². The Balaban J connectivity index is 3.57. The molecule has 0 aliphatic carbocycles. The first-order chi connectivity index (χ1) is 6.73. The molecule has 15 heavy (non-hydrogen) atoms. The number of aromatic carboxylic acids is 1. The van der Waals surface area contributed by atoms with Crippen LogP contribution in [0.5, 0.6) is 0 Å². The second-order valence-electron chi connectivity index (χ2n) is 3.19. The summed E-state index contributed by atoms with van der Waals surface area (Å²) >= 11 is 4.04. The molecule has 0 atom stereocenters. The number of hydrogen-bond donors (Lipinski definition) is 2. The first-order valence-corrected chi connectivity index (χ1v) is 6.34. The van der Waals surface area contributed by atoms with Crippen molar-refractivity contribution in [1.82, 2.24) is 0 Å². The van der Waals surface area contributed by atoms with Gasteiger partial charge in [-0.1, -0.05) is 0 Å². The van der Waals surface area contributed by atoms with E-state index in [1.165, 1.54) is 6.07 Å². The molecule has 0 aromatic heterocycles.